The molecule has 1 fully saturated rings. The average molecular weight is 590 g/mol. The molecule has 0 spiro atoms. The van der Waals surface area contributed by atoms with Crippen molar-refractivity contribution in [2.24, 2.45) is 0 Å². The molecule has 0 radical (unpaired) electrons. The molecular weight excluding hydrogens is 546 g/mol. The van der Waals surface area contributed by atoms with Gasteiger partial charge in [-0.2, -0.15) is 0 Å². The number of sulfonamides is 1. The molecule has 1 atom stereocenters. The first-order valence-electron chi connectivity index (χ1n) is 14.9. The first-order valence-corrected chi connectivity index (χ1v) is 16.4. The summed E-state index contributed by atoms with van der Waals surface area (Å²) in [6.07, 6.45) is 4.43. The Labute approximate surface area is 251 Å². The van der Waals surface area contributed by atoms with E-state index in [1.807, 2.05) is 50.2 Å². The zero-order chi connectivity index (χ0) is 30.3. The minimum absolute atomic E-state index is 0.0989. The second kappa shape index (κ2) is 14.0. The van der Waals surface area contributed by atoms with E-state index in [2.05, 4.69) is 19.2 Å². The molecule has 1 aliphatic rings. The number of rotatable bonds is 12. The van der Waals surface area contributed by atoms with Crippen molar-refractivity contribution in [3.05, 3.63) is 95.6 Å². The summed E-state index contributed by atoms with van der Waals surface area (Å²) >= 11 is 0. The van der Waals surface area contributed by atoms with E-state index in [9.17, 15) is 18.0 Å². The van der Waals surface area contributed by atoms with E-state index in [-0.39, 0.29) is 29.3 Å². The highest BCUT2D eigenvalue weighted by Crippen LogP contribution is 2.27. The van der Waals surface area contributed by atoms with E-state index in [4.69, 9.17) is 0 Å². The number of hydrogen-bond donors (Lipinski definition) is 1. The van der Waals surface area contributed by atoms with Gasteiger partial charge < -0.3 is 10.2 Å². The number of nitrogens with one attached hydrogen (secondary N) is 1. The topological polar surface area (TPSA) is 86.8 Å². The minimum Gasteiger partial charge on any atom is -0.352 e. The quantitative estimate of drug-likeness (QED) is 0.273. The molecule has 0 aromatic heterocycles. The highest BCUT2D eigenvalue weighted by Gasteiger charge is 2.34. The van der Waals surface area contributed by atoms with Gasteiger partial charge in [0.25, 0.3) is 10.0 Å². The second-order valence-corrected chi connectivity index (χ2v) is 13.4. The molecule has 42 heavy (non-hydrogen) atoms. The van der Waals surface area contributed by atoms with E-state index in [0.717, 1.165) is 42.4 Å². The van der Waals surface area contributed by atoms with Crippen molar-refractivity contribution in [2.75, 3.05) is 10.8 Å². The molecule has 0 aliphatic heterocycles. The number of carbonyl (C=O) groups is 2. The molecule has 3 aromatic carbocycles. The standard InChI is InChI=1S/C34H43N3O4S/c1-5-32(34(39)35-29-11-9-10-12-29)36(23-27-17-15-26(4)16-18-27)33(38)24-37(30-21-19-28(20-22-30)25(2)3)42(40,41)31-13-7-6-8-14-31/h6-8,13-22,25,29,32H,5,9-12,23-24H2,1-4H3,(H,35,39). The highest BCUT2D eigenvalue weighted by atomic mass is 32.2. The van der Waals surface area contributed by atoms with Gasteiger partial charge in [0.1, 0.15) is 12.6 Å². The number of aryl methyl sites for hydroxylation is 1. The number of anilines is 1. The van der Waals surface area contributed by atoms with E-state index in [0.29, 0.717) is 12.1 Å². The average Bonchev–Trinajstić information content (AvgIpc) is 3.50. The van der Waals surface area contributed by atoms with Crippen LogP contribution in [0.2, 0.25) is 0 Å². The molecule has 4 rings (SSSR count). The monoisotopic (exact) mass is 589 g/mol. The number of hydrogen-bond acceptors (Lipinski definition) is 4. The first-order chi connectivity index (χ1) is 20.1. The summed E-state index contributed by atoms with van der Waals surface area (Å²) in [7, 11) is -4.08. The Morgan fingerprint density at radius 2 is 1.52 bits per heavy atom. The lowest BCUT2D eigenvalue weighted by Crippen LogP contribution is -2.53. The maximum atomic E-state index is 14.2. The van der Waals surface area contributed by atoms with E-state index < -0.39 is 28.5 Å². The van der Waals surface area contributed by atoms with Crippen LogP contribution >= 0.6 is 0 Å². The van der Waals surface area contributed by atoms with Crippen molar-refractivity contribution in [1.29, 1.82) is 0 Å². The maximum absolute atomic E-state index is 14.2. The number of carbonyl (C=O) groups excluding carboxylic acids is 2. The third-order valence-corrected chi connectivity index (χ3v) is 9.81. The van der Waals surface area contributed by atoms with Crippen LogP contribution in [0.25, 0.3) is 0 Å². The molecule has 8 heteroatoms. The van der Waals surface area contributed by atoms with Crippen LogP contribution in [0, 0.1) is 6.92 Å². The largest absolute Gasteiger partial charge is 0.352 e. The lowest BCUT2D eigenvalue weighted by atomic mass is 10.0. The Balaban J connectivity index is 1.71. The predicted octanol–water partition coefficient (Wildman–Crippen LogP) is 6.18. The zero-order valence-electron chi connectivity index (χ0n) is 25.1. The zero-order valence-corrected chi connectivity index (χ0v) is 25.9. The molecule has 1 saturated carbocycles. The molecule has 2 amide bonds. The van der Waals surface area contributed by atoms with Gasteiger partial charge in [-0.05, 0) is 67.5 Å². The van der Waals surface area contributed by atoms with E-state index in [1.54, 1.807) is 35.2 Å². The maximum Gasteiger partial charge on any atom is 0.264 e. The fourth-order valence-corrected chi connectivity index (χ4v) is 6.89. The molecule has 7 nitrogen and oxygen atoms in total. The van der Waals surface area contributed by atoms with Crippen molar-refractivity contribution in [3.63, 3.8) is 0 Å². The van der Waals surface area contributed by atoms with E-state index in [1.165, 1.54) is 16.4 Å². The van der Waals surface area contributed by atoms with Crippen LogP contribution in [0.5, 0.6) is 0 Å². The van der Waals surface area contributed by atoms with Crippen molar-refractivity contribution >= 4 is 27.5 Å². The molecule has 1 unspecified atom stereocenters. The summed E-state index contributed by atoms with van der Waals surface area (Å²) in [5.41, 5.74) is 3.43. The summed E-state index contributed by atoms with van der Waals surface area (Å²) in [5, 5.41) is 3.15. The van der Waals surface area contributed by atoms with Crippen LogP contribution in [-0.4, -0.2) is 43.8 Å². The molecule has 0 saturated heterocycles. The van der Waals surface area contributed by atoms with Crippen molar-refractivity contribution in [2.45, 2.75) is 89.2 Å². The predicted molar refractivity (Wildman–Crippen MR) is 168 cm³/mol. The summed E-state index contributed by atoms with van der Waals surface area (Å²) < 4.78 is 29.1. The summed E-state index contributed by atoms with van der Waals surface area (Å²) in [5.74, 6) is -0.353. The summed E-state index contributed by atoms with van der Waals surface area (Å²) in [6, 6.07) is 22.6. The Kier molecular flexibility index (Phi) is 10.4. The number of amides is 2. The van der Waals surface area contributed by atoms with Crippen LogP contribution < -0.4 is 9.62 Å². The summed E-state index contributed by atoms with van der Waals surface area (Å²) in [6.45, 7) is 7.78. The Bertz CT molecular complexity index is 1430. The molecular formula is C34H43N3O4S. The van der Waals surface area contributed by atoms with Crippen molar-refractivity contribution in [1.82, 2.24) is 10.2 Å². The smallest absolute Gasteiger partial charge is 0.264 e. The van der Waals surface area contributed by atoms with Crippen LogP contribution in [0.4, 0.5) is 5.69 Å². The number of benzene rings is 3. The molecule has 0 heterocycles. The molecule has 1 aliphatic carbocycles. The van der Waals surface area contributed by atoms with Crippen molar-refractivity contribution in [3.8, 4) is 0 Å². The van der Waals surface area contributed by atoms with Crippen LogP contribution in [-0.2, 0) is 26.2 Å². The molecule has 224 valence electrons. The Morgan fingerprint density at radius 3 is 2.10 bits per heavy atom. The first kappa shape index (κ1) is 31.3. The van der Waals surface area contributed by atoms with Gasteiger partial charge in [-0.15, -0.1) is 0 Å². The SMILES string of the molecule is CCC(C(=O)NC1CCCC1)N(Cc1ccc(C)cc1)C(=O)CN(c1ccc(C(C)C)cc1)S(=O)(=O)c1ccccc1. The van der Waals surface area contributed by atoms with Gasteiger partial charge in [0.05, 0.1) is 10.6 Å². The van der Waals surface area contributed by atoms with Gasteiger partial charge in [-0.25, -0.2) is 8.42 Å². The second-order valence-electron chi connectivity index (χ2n) is 11.5. The molecule has 1 N–H and O–H groups in total. The van der Waals surface area contributed by atoms with Gasteiger partial charge in [0.15, 0.2) is 0 Å². The molecule has 0 bridgehead atoms. The third-order valence-electron chi connectivity index (χ3n) is 8.02. The lowest BCUT2D eigenvalue weighted by molar-refractivity contribution is -0.140. The fourth-order valence-electron chi connectivity index (χ4n) is 5.45. The highest BCUT2D eigenvalue weighted by molar-refractivity contribution is 7.92. The number of nitrogens with zero attached hydrogens (tertiary/aromatic N) is 2. The minimum atomic E-state index is -4.08. The Morgan fingerprint density at radius 1 is 0.905 bits per heavy atom. The van der Waals surface area contributed by atoms with Gasteiger partial charge in [-0.3, -0.25) is 13.9 Å². The Hall–Kier alpha value is -3.65. The third kappa shape index (κ3) is 7.59. The van der Waals surface area contributed by atoms with Crippen molar-refractivity contribution < 1.29 is 18.0 Å². The van der Waals surface area contributed by atoms with Gasteiger partial charge in [0.2, 0.25) is 11.8 Å². The lowest BCUT2D eigenvalue weighted by Gasteiger charge is -2.34. The van der Waals surface area contributed by atoms with Crippen LogP contribution in [0.1, 0.15) is 75.5 Å². The normalized spacial score (nSPS) is 14.5. The van der Waals surface area contributed by atoms with Gasteiger partial charge in [0, 0.05) is 12.6 Å². The molecule has 3 aromatic rings. The van der Waals surface area contributed by atoms with Gasteiger partial charge >= 0.3 is 0 Å². The van der Waals surface area contributed by atoms with Crippen LogP contribution in [0.15, 0.2) is 83.8 Å². The van der Waals surface area contributed by atoms with Crippen LogP contribution in [0.3, 0.4) is 0 Å². The fraction of sp³-hybridized carbons (Fsp3) is 0.412. The van der Waals surface area contributed by atoms with E-state index >= 15 is 0 Å². The van der Waals surface area contributed by atoms with Gasteiger partial charge in [-0.1, -0.05) is 93.8 Å². The summed E-state index contributed by atoms with van der Waals surface area (Å²) in [4.78, 5) is 29.4.